The summed E-state index contributed by atoms with van der Waals surface area (Å²) >= 11 is 0. The molecule has 0 bridgehead atoms. The van der Waals surface area contributed by atoms with Crippen LogP contribution in [0.3, 0.4) is 0 Å². The highest BCUT2D eigenvalue weighted by atomic mass is 16.6. The third-order valence-corrected chi connectivity index (χ3v) is 6.03. The molecule has 2 aromatic carbocycles. The predicted octanol–water partition coefficient (Wildman–Crippen LogP) is 6.48. The van der Waals surface area contributed by atoms with Crippen LogP contribution in [0.4, 0.5) is 5.69 Å². The van der Waals surface area contributed by atoms with Crippen molar-refractivity contribution in [1.82, 2.24) is 0 Å². The van der Waals surface area contributed by atoms with Crippen LogP contribution in [0, 0.1) is 16.0 Å². The number of benzene rings is 2. The quantitative estimate of drug-likeness (QED) is 0.299. The Hall–Kier alpha value is -2.49. The average molecular weight is 380 g/mol. The molecule has 4 heteroatoms. The third kappa shape index (κ3) is 5.28. The van der Waals surface area contributed by atoms with E-state index < -0.39 is 4.92 Å². The molecule has 0 N–H and O–H groups in total. The van der Waals surface area contributed by atoms with Crippen molar-refractivity contribution in [2.75, 3.05) is 0 Å². The fourth-order valence-electron chi connectivity index (χ4n) is 4.24. The second kappa shape index (κ2) is 9.63. The Bertz CT molecular complexity index is 788. The Morgan fingerprint density at radius 3 is 2.21 bits per heavy atom. The molecule has 148 valence electrons. The molecule has 28 heavy (non-hydrogen) atoms. The van der Waals surface area contributed by atoms with Crippen molar-refractivity contribution in [3.8, 4) is 0 Å². The van der Waals surface area contributed by atoms with E-state index in [1.54, 1.807) is 12.1 Å². The standard InChI is InChI=1S/C24H29NO3/c1-2-3-4-18-5-9-20(10-6-18)21-11-13-22(14-12-21)24(26)17-19-7-15-23(16-8-19)25(27)28/h7-8,11-16,18,20H,2-6,9-10,17H2,1H3/t18-,20-. The van der Waals surface area contributed by atoms with Crippen LogP contribution >= 0.6 is 0 Å². The van der Waals surface area contributed by atoms with Gasteiger partial charge in [-0.05, 0) is 48.6 Å². The van der Waals surface area contributed by atoms with Gasteiger partial charge in [0.05, 0.1) is 4.92 Å². The smallest absolute Gasteiger partial charge is 0.269 e. The molecule has 0 saturated heterocycles. The van der Waals surface area contributed by atoms with Crippen molar-refractivity contribution in [1.29, 1.82) is 0 Å². The molecule has 0 atom stereocenters. The van der Waals surface area contributed by atoms with Crippen molar-refractivity contribution in [3.63, 3.8) is 0 Å². The summed E-state index contributed by atoms with van der Waals surface area (Å²) in [6.45, 7) is 2.26. The number of rotatable bonds is 8. The maximum Gasteiger partial charge on any atom is 0.269 e. The van der Waals surface area contributed by atoms with Crippen LogP contribution in [0.1, 0.15) is 79.3 Å². The van der Waals surface area contributed by atoms with E-state index in [2.05, 4.69) is 19.1 Å². The van der Waals surface area contributed by atoms with Gasteiger partial charge in [0.2, 0.25) is 0 Å². The highest BCUT2D eigenvalue weighted by Crippen LogP contribution is 2.37. The van der Waals surface area contributed by atoms with E-state index in [-0.39, 0.29) is 17.9 Å². The Morgan fingerprint density at radius 2 is 1.64 bits per heavy atom. The number of nitrogens with zero attached hydrogens (tertiary/aromatic N) is 1. The van der Waals surface area contributed by atoms with Gasteiger partial charge in [0, 0.05) is 24.1 Å². The Kier molecular flexibility index (Phi) is 6.96. The van der Waals surface area contributed by atoms with Crippen LogP contribution in [-0.2, 0) is 6.42 Å². The van der Waals surface area contributed by atoms with Gasteiger partial charge in [0.1, 0.15) is 0 Å². The van der Waals surface area contributed by atoms with Gasteiger partial charge >= 0.3 is 0 Å². The number of hydrogen-bond donors (Lipinski definition) is 0. The number of Topliss-reactive ketones (excluding diaryl/α,β-unsaturated/α-hetero) is 1. The summed E-state index contributed by atoms with van der Waals surface area (Å²) in [5.74, 6) is 1.57. The van der Waals surface area contributed by atoms with Crippen LogP contribution in [0.25, 0.3) is 0 Å². The van der Waals surface area contributed by atoms with E-state index in [9.17, 15) is 14.9 Å². The topological polar surface area (TPSA) is 60.2 Å². The molecule has 4 nitrogen and oxygen atoms in total. The lowest BCUT2D eigenvalue weighted by Crippen LogP contribution is -2.13. The molecule has 2 aromatic rings. The van der Waals surface area contributed by atoms with Crippen LogP contribution < -0.4 is 0 Å². The molecule has 0 amide bonds. The number of carbonyl (C=O) groups is 1. The van der Waals surface area contributed by atoms with E-state index >= 15 is 0 Å². The highest BCUT2D eigenvalue weighted by Gasteiger charge is 2.22. The van der Waals surface area contributed by atoms with Gasteiger partial charge in [-0.15, -0.1) is 0 Å². The van der Waals surface area contributed by atoms with Gasteiger partial charge in [-0.3, -0.25) is 14.9 Å². The summed E-state index contributed by atoms with van der Waals surface area (Å²) in [6, 6.07) is 14.3. The third-order valence-electron chi connectivity index (χ3n) is 6.03. The first-order valence-electron chi connectivity index (χ1n) is 10.4. The lowest BCUT2D eigenvalue weighted by molar-refractivity contribution is -0.384. The predicted molar refractivity (Wildman–Crippen MR) is 112 cm³/mol. The van der Waals surface area contributed by atoms with E-state index in [0.29, 0.717) is 11.5 Å². The minimum absolute atomic E-state index is 0.0451. The lowest BCUT2D eigenvalue weighted by Gasteiger charge is -2.28. The molecule has 1 aliphatic carbocycles. The monoisotopic (exact) mass is 379 g/mol. The zero-order valence-electron chi connectivity index (χ0n) is 16.6. The fourth-order valence-corrected chi connectivity index (χ4v) is 4.24. The Balaban J connectivity index is 1.55. The Morgan fingerprint density at radius 1 is 1.00 bits per heavy atom. The van der Waals surface area contributed by atoms with Gasteiger partial charge in [-0.1, -0.05) is 62.6 Å². The van der Waals surface area contributed by atoms with Crippen LogP contribution in [0.15, 0.2) is 48.5 Å². The number of ketones is 1. The summed E-state index contributed by atoms with van der Waals surface area (Å²) in [5, 5.41) is 10.7. The molecule has 0 heterocycles. The molecule has 1 fully saturated rings. The maximum atomic E-state index is 12.5. The SMILES string of the molecule is CCCC[C@H]1CC[C@H](c2ccc(C(=O)Cc3ccc([N+](=O)[O-])cc3)cc2)CC1. The summed E-state index contributed by atoms with van der Waals surface area (Å²) in [7, 11) is 0. The van der Waals surface area contributed by atoms with E-state index in [0.717, 1.165) is 11.5 Å². The Labute approximate surface area is 167 Å². The molecule has 0 aromatic heterocycles. The largest absolute Gasteiger partial charge is 0.294 e. The first-order chi connectivity index (χ1) is 13.6. The van der Waals surface area contributed by atoms with Crippen LogP contribution in [0.2, 0.25) is 0 Å². The average Bonchev–Trinajstić information content (AvgIpc) is 2.73. The normalized spacial score (nSPS) is 19.3. The number of unbranched alkanes of at least 4 members (excludes halogenated alkanes) is 1. The van der Waals surface area contributed by atoms with Crippen molar-refractivity contribution >= 4 is 11.5 Å². The number of nitro groups is 1. The maximum absolute atomic E-state index is 12.5. The summed E-state index contributed by atoms with van der Waals surface area (Å²) in [5.41, 5.74) is 2.90. The molecule has 0 radical (unpaired) electrons. The first kappa shape index (κ1) is 20.2. The molecule has 0 aliphatic heterocycles. The molecule has 0 spiro atoms. The van der Waals surface area contributed by atoms with Crippen molar-refractivity contribution in [2.24, 2.45) is 5.92 Å². The molecular formula is C24H29NO3. The van der Waals surface area contributed by atoms with Gasteiger partial charge in [-0.25, -0.2) is 0 Å². The van der Waals surface area contributed by atoms with Crippen molar-refractivity contribution < 1.29 is 9.72 Å². The molecule has 1 saturated carbocycles. The zero-order chi connectivity index (χ0) is 19.9. The summed E-state index contributed by atoms with van der Waals surface area (Å²) in [4.78, 5) is 22.8. The molecule has 3 rings (SSSR count). The highest BCUT2D eigenvalue weighted by molar-refractivity contribution is 5.97. The van der Waals surface area contributed by atoms with E-state index in [1.165, 1.54) is 62.6 Å². The second-order valence-corrected chi connectivity index (χ2v) is 8.01. The molecule has 1 aliphatic rings. The van der Waals surface area contributed by atoms with Gasteiger partial charge in [-0.2, -0.15) is 0 Å². The summed E-state index contributed by atoms with van der Waals surface area (Å²) in [6.07, 6.45) is 9.43. The number of nitro benzene ring substituents is 1. The second-order valence-electron chi connectivity index (χ2n) is 8.01. The van der Waals surface area contributed by atoms with Crippen molar-refractivity contribution in [3.05, 3.63) is 75.3 Å². The van der Waals surface area contributed by atoms with Crippen molar-refractivity contribution in [2.45, 2.75) is 64.2 Å². The molecular weight excluding hydrogens is 350 g/mol. The first-order valence-corrected chi connectivity index (χ1v) is 10.4. The number of hydrogen-bond acceptors (Lipinski definition) is 3. The minimum atomic E-state index is -0.429. The fraction of sp³-hybridized carbons (Fsp3) is 0.458. The van der Waals surface area contributed by atoms with Crippen LogP contribution in [-0.4, -0.2) is 10.7 Å². The van der Waals surface area contributed by atoms with Crippen LogP contribution in [0.5, 0.6) is 0 Å². The van der Waals surface area contributed by atoms with Gasteiger partial charge in [0.15, 0.2) is 5.78 Å². The van der Waals surface area contributed by atoms with E-state index in [1.807, 2.05) is 12.1 Å². The minimum Gasteiger partial charge on any atom is -0.294 e. The lowest BCUT2D eigenvalue weighted by atomic mass is 9.77. The summed E-state index contributed by atoms with van der Waals surface area (Å²) < 4.78 is 0. The van der Waals surface area contributed by atoms with Gasteiger partial charge in [0.25, 0.3) is 5.69 Å². The molecule has 0 unspecified atom stereocenters. The number of non-ortho nitro benzene ring substituents is 1. The number of carbonyl (C=O) groups excluding carboxylic acids is 1. The van der Waals surface area contributed by atoms with E-state index in [4.69, 9.17) is 0 Å². The zero-order valence-corrected chi connectivity index (χ0v) is 16.6. The van der Waals surface area contributed by atoms with Gasteiger partial charge < -0.3 is 0 Å².